The average molecular weight is 364 g/mol. The molecule has 27 heavy (non-hydrogen) atoms. The molecule has 0 unspecified atom stereocenters. The number of pyridine rings is 1. The zero-order valence-electron chi connectivity index (χ0n) is 15.3. The second-order valence-corrected chi connectivity index (χ2v) is 5.87. The number of anilines is 5. The second kappa shape index (κ2) is 7.69. The third-order valence-corrected chi connectivity index (χ3v) is 4.01. The second-order valence-electron chi connectivity index (χ2n) is 5.87. The quantitative estimate of drug-likeness (QED) is 0.665. The molecule has 2 aromatic heterocycles. The lowest BCUT2D eigenvalue weighted by Crippen LogP contribution is -2.18. The SMILES string of the molecule is COC(=O)c1ccccc1N(C)c1ncnc(Nc2cc(C)ccn2)c1N. The number of carbonyl (C=O) groups is 1. The number of rotatable bonds is 5. The highest BCUT2D eigenvalue weighted by atomic mass is 16.5. The van der Waals surface area contributed by atoms with Gasteiger partial charge in [-0.1, -0.05) is 12.1 Å². The summed E-state index contributed by atoms with van der Waals surface area (Å²) in [5, 5.41) is 3.10. The number of benzene rings is 1. The van der Waals surface area contributed by atoms with Crippen molar-refractivity contribution in [2.24, 2.45) is 0 Å². The standard InChI is InChI=1S/C19H20N6O2/c1-12-8-9-21-15(10-12)24-17-16(20)18(23-11-22-17)25(2)14-7-5-4-6-13(14)19(26)27-3/h4-11H,20H2,1-3H3,(H,21,22,23,24). The predicted octanol–water partition coefficient (Wildman–Crippen LogP) is 3.06. The van der Waals surface area contributed by atoms with Gasteiger partial charge in [0.25, 0.3) is 0 Å². The van der Waals surface area contributed by atoms with Crippen molar-refractivity contribution in [3.63, 3.8) is 0 Å². The topological polar surface area (TPSA) is 106 Å². The number of carbonyl (C=O) groups excluding carboxylic acids is 1. The van der Waals surface area contributed by atoms with E-state index in [1.165, 1.54) is 13.4 Å². The van der Waals surface area contributed by atoms with Crippen molar-refractivity contribution in [3.05, 3.63) is 60.0 Å². The molecule has 0 amide bonds. The van der Waals surface area contributed by atoms with Crippen LogP contribution in [-0.4, -0.2) is 35.1 Å². The van der Waals surface area contributed by atoms with Crippen molar-refractivity contribution in [2.75, 3.05) is 30.1 Å². The van der Waals surface area contributed by atoms with Crippen molar-refractivity contribution >= 4 is 34.8 Å². The van der Waals surface area contributed by atoms with Crippen LogP contribution in [0.3, 0.4) is 0 Å². The van der Waals surface area contributed by atoms with Gasteiger partial charge in [0.1, 0.15) is 17.8 Å². The van der Waals surface area contributed by atoms with Gasteiger partial charge in [0.15, 0.2) is 11.6 Å². The van der Waals surface area contributed by atoms with Crippen molar-refractivity contribution in [3.8, 4) is 0 Å². The van der Waals surface area contributed by atoms with Crippen LogP contribution in [0.25, 0.3) is 0 Å². The first-order chi connectivity index (χ1) is 13.0. The maximum absolute atomic E-state index is 12.1. The Morgan fingerprint density at radius 1 is 1.19 bits per heavy atom. The monoisotopic (exact) mass is 364 g/mol. The molecule has 0 radical (unpaired) electrons. The van der Waals surface area contributed by atoms with Gasteiger partial charge >= 0.3 is 5.97 Å². The minimum Gasteiger partial charge on any atom is -0.465 e. The molecule has 3 rings (SSSR count). The Hall–Kier alpha value is -3.68. The Morgan fingerprint density at radius 2 is 1.96 bits per heavy atom. The molecule has 8 heteroatoms. The summed E-state index contributed by atoms with van der Waals surface area (Å²) >= 11 is 0. The first-order valence-electron chi connectivity index (χ1n) is 8.22. The Bertz CT molecular complexity index is 976. The smallest absolute Gasteiger partial charge is 0.339 e. The van der Waals surface area contributed by atoms with E-state index in [2.05, 4.69) is 20.3 Å². The van der Waals surface area contributed by atoms with Crippen LogP contribution in [0.2, 0.25) is 0 Å². The number of nitrogen functional groups attached to an aromatic ring is 1. The molecule has 0 aliphatic rings. The minimum atomic E-state index is -0.438. The third-order valence-electron chi connectivity index (χ3n) is 4.01. The van der Waals surface area contributed by atoms with E-state index in [-0.39, 0.29) is 0 Å². The van der Waals surface area contributed by atoms with E-state index >= 15 is 0 Å². The molecule has 0 aliphatic carbocycles. The highest BCUT2D eigenvalue weighted by Crippen LogP contribution is 2.33. The Kier molecular flexibility index (Phi) is 5.16. The Labute approximate surface area is 157 Å². The van der Waals surface area contributed by atoms with Gasteiger partial charge in [-0.15, -0.1) is 0 Å². The molecule has 0 saturated carbocycles. The van der Waals surface area contributed by atoms with Gasteiger partial charge in [0.2, 0.25) is 0 Å². The molecule has 0 bridgehead atoms. The summed E-state index contributed by atoms with van der Waals surface area (Å²) < 4.78 is 4.86. The lowest BCUT2D eigenvalue weighted by Gasteiger charge is -2.22. The van der Waals surface area contributed by atoms with E-state index in [9.17, 15) is 4.79 Å². The summed E-state index contributed by atoms with van der Waals surface area (Å²) in [6.45, 7) is 1.97. The van der Waals surface area contributed by atoms with Crippen molar-refractivity contribution in [1.29, 1.82) is 0 Å². The van der Waals surface area contributed by atoms with Crippen LogP contribution in [0.1, 0.15) is 15.9 Å². The number of aryl methyl sites for hydroxylation is 1. The molecular formula is C19H20N6O2. The number of nitrogens with zero attached hydrogens (tertiary/aromatic N) is 4. The number of ether oxygens (including phenoxy) is 1. The lowest BCUT2D eigenvalue weighted by molar-refractivity contribution is 0.0601. The average Bonchev–Trinajstić information content (AvgIpc) is 2.68. The van der Waals surface area contributed by atoms with Gasteiger partial charge in [0, 0.05) is 13.2 Å². The Balaban J connectivity index is 1.97. The fourth-order valence-corrected chi connectivity index (χ4v) is 2.64. The van der Waals surface area contributed by atoms with E-state index in [4.69, 9.17) is 10.5 Å². The molecule has 1 aromatic carbocycles. The molecule has 138 valence electrons. The minimum absolute atomic E-state index is 0.336. The molecule has 8 nitrogen and oxygen atoms in total. The molecule has 2 heterocycles. The van der Waals surface area contributed by atoms with E-state index in [1.807, 2.05) is 25.1 Å². The van der Waals surface area contributed by atoms with E-state index in [0.717, 1.165) is 5.56 Å². The fraction of sp³-hybridized carbons (Fsp3) is 0.158. The maximum atomic E-state index is 12.1. The van der Waals surface area contributed by atoms with Gasteiger partial charge in [-0.25, -0.2) is 19.7 Å². The molecule has 0 spiro atoms. The van der Waals surface area contributed by atoms with Crippen molar-refractivity contribution < 1.29 is 9.53 Å². The van der Waals surface area contributed by atoms with Gasteiger partial charge in [-0.2, -0.15) is 0 Å². The van der Waals surface area contributed by atoms with E-state index in [1.54, 1.807) is 36.3 Å². The van der Waals surface area contributed by atoms with E-state index in [0.29, 0.717) is 34.4 Å². The van der Waals surface area contributed by atoms with Gasteiger partial charge in [-0.05, 0) is 36.8 Å². The number of aromatic nitrogens is 3. The zero-order valence-corrected chi connectivity index (χ0v) is 15.3. The van der Waals surface area contributed by atoms with Crippen LogP contribution >= 0.6 is 0 Å². The number of para-hydroxylation sites is 1. The lowest BCUT2D eigenvalue weighted by atomic mass is 10.1. The molecule has 3 aromatic rings. The summed E-state index contributed by atoms with van der Waals surface area (Å²) in [7, 11) is 3.12. The third kappa shape index (κ3) is 3.79. The normalized spacial score (nSPS) is 10.3. The van der Waals surface area contributed by atoms with Crippen LogP contribution in [0.15, 0.2) is 48.9 Å². The maximum Gasteiger partial charge on any atom is 0.339 e. The van der Waals surface area contributed by atoms with Gasteiger partial charge in [0.05, 0.1) is 18.4 Å². The first-order valence-corrected chi connectivity index (χ1v) is 8.22. The van der Waals surface area contributed by atoms with Crippen LogP contribution in [0, 0.1) is 6.92 Å². The number of nitrogens with one attached hydrogen (secondary N) is 1. The number of hydrogen-bond acceptors (Lipinski definition) is 8. The van der Waals surface area contributed by atoms with Crippen LogP contribution < -0.4 is 16.0 Å². The van der Waals surface area contributed by atoms with Crippen LogP contribution in [-0.2, 0) is 4.74 Å². The molecular weight excluding hydrogens is 344 g/mol. The number of hydrogen-bond donors (Lipinski definition) is 2. The first kappa shape index (κ1) is 18.1. The fourth-order valence-electron chi connectivity index (χ4n) is 2.64. The van der Waals surface area contributed by atoms with Crippen LogP contribution in [0.5, 0.6) is 0 Å². The number of methoxy groups -OCH3 is 1. The Morgan fingerprint density at radius 3 is 2.70 bits per heavy atom. The highest BCUT2D eigenvalue weighted by molar-refractivity contribution is 5.97. The summed E-state index contributed by atoms with van der Waals surface area (Å²) in [5.74, 6) is 1.08. The molecule has 0 atom stereocenters. The molecule has 0 saturated heterocycles. The van der Waals surface area contributed by atoms with Crippen LogP contribution in [0.4, 0.5) is 28.8 Å². The summed E-state index contributed by atoms with van der Waals surface area (Å²) in [4.78, 5) is 26.5. The summed E-state index contributed by atoms with van der Waals surface area (Å²) in [6, 6.07) is 10.9. The number of esters is 1. The molecule has 0 aliphatic heterocycles. The van der Waals surface area contributed by atoms with Gasteiger partial charge < -0.3 is 20.7 Å². The van der Waals surface area contributed by atoms with Gasteiger partial charge in [-0.3, -0.25) is 0 Å². The largest absolute Gasteiger partial charge is 0.465 e. The summed E-state index contributed by atoms with van der Waals surface area (Å²) in [6.07, 6.45) is 3.11. The predicted molar refractivity (Wildman–Crippen MR) is 105 cm³/mol. The number of nitrogens with two attached hydrogens (primary N) is 1. The highest BCUT2D eigenvalue weighted by Gasteiger charge is 2.19. The van der Waals surface area contributed by atoms with Crippen molar-refractivity contribution in [2.45, 2.75) is 6.92 Å². The zero-order chi connectivity index (χ0) is 19.4. The van der Waals surface area contributed by atoms with Crippen molar-refractivity contribution in [1.82, 2.24) is 15.0 Å². The molecule has 0 fully saturated rings. The summed E-state index contributed by atoms with van der Waals surface area (Å²) in [5.41, 5.74) is 8.72. The van der Waals surface area contributed by atoms with E-state index < -0.39 is 5.97 Å². The molecule has 3 N–H and O–H groups in total.